The molecule has 12 nitrogen and oxygen atoms in total. The van der Waals surface area contributed by atoms with Gasteiger partial charge in [0.1, 0.15) is 23.2 Å². The summed E-state index contributed by atoms with van der Waals surface area (Å²) in [4.78, 5) is 31.4. The standard InChI is InChI=1S/C34H28BrClF2N6O6S/c1-42-30-27(12-11-24(36)29(30)32(41-42)43(51(3,48)49)17-18-7-9-22(50-2)10-8-18)44-31(39-25-6-4-5-23(35)28(25)33(44)45)26(40-34(46)47)15-19-13-20(37)16-21(38)14-19/h4-14,16,26,40H,15,17H2,1-3H3,(H,46,47). The van der Waals surface area contributed by atoms with Crippen LogP contribution in [0.4, 0.5) is 19.4 Å². The van der Waals surface area contributed by atoms with E-state index in [0.29, 0.717) is 21.9 Å². The van der Waals surface area contributed by atoms with Crippen LogP contribution in [0.2, 0.25) is 5.02 Å². The quantitative estimate of drug-likeness (QED) is 0.160. The van der Waals surface area contributed by atoms with E-state index in [1.54, 1.807) is 42.5 Å². The summed E-state index contributed by atoms with van der Waals surface area (Å²) >= 11 is 10.2. The fourth-order valence-corrected chi connectivity index (χ4v) is 7.52. The number of carbonyl (C=O) groups is 1. The number of hydrogen-bond acceptors (Lipinski definition) is 7. The number of sulfonamides is 1. The average Bonchev–Trinajstić information content (AvgIpc) is 3.40. The Morgan fingerprint density at radius 2 is 1.75 bits per heavy atom. The first-order valence-electron chi connectivity index (χ1n) is 15.1. The molecule has 6 aromatic rings. The van der Waals surface area contributed by atoms with Crippen LogP contribution < -0.4 is 19.9 Å². The van der Waals surface area contributed by atoms with Gasteiger partial charge in [-0.1, -0.05) is 29.8 Å². The number of aryl methyl sites for hydroxylation is 1. The van der Waals surface area contributed by atoms with Crippen molar-refractivity contribution in [1.82, 2.24) is 24.6 Å². The molecule has 0 spiro atoms. The Balaban J connectivity index is 1.63. The van der Waals surface area contributed by atoms with Gasteiger partial charge in [0.2, 0.25) is 10.0 Å². The Morgan fingerprint density at radius 1 is 1.06 bits per heavy atom. The summed E-state index contributed by atoms with van der Waals surface area (Å²) in [7, 11) is -0.928. The third-order valence-corrected chi connectivity index (χ3v) is 10.2. The molecule has 4 aromatic carbocycles. The van der Waals surface area contributed by atoms with E-state index >= 15 is 0 Å². The second-order valence-corrected chi connectivity index (χ2v) is 14.8. The fourth-order valence-electron chi connectivity index (χ4n) is 5.93. The number of hydrogen-bond donors (Lipinski definition) is 2. The normalized spacial score (nSPS) is 12.3. The Bertz CT molecular complexity index is 2490. The van der Waals surface area contributed by atoms with E-state index < -0.39 is 39.4 Å². The molecule has 1 amide bonds. The number of fused-ring (bicyclic) bond motifs is 2. The van der Waals surface area contributed by atoms with Gasteiger partial charge in [-0.15, -0.1) is 0 Å². The van der Waals surface area contributed by atoms with Crippen molar-refractivity contribution in [3.8, 4) is 11.4 Å². The number of methoxy groups -OCH3 is 1. The van der Waals surface area contributed by atoms with Gasteiger partial charge in [0.25, 0.3) is 5.56 Å². The number of carboxylic acid groups (broad SMARTS) is 1. The second kappa shape index (κ2) is 13.9. The lowest BCUT2D eigenvalue weighted by Crippen LogP contribution is -2.35. The van der Waals surface area contributed by atoms with Crippen LogP contribution in [-0.4, -0.2) is 52.3 Å². The third-order valence-electron chi connectivity index (χ3n) is 8.10. The third kappa shape index (κ3) is 7.11. The summed E-state index contributed by atoms with van der Waals surface area (Å²) in [5, 5.41) is 17.2. The summed E-state index contributed by atoms with van der Waals surface area (Å²) in [6.45, 7) is -0.125. The number of anilines is 1. The maximum Gasteiger partial charge on any atom is 0.405 e. The molecule has 0 bridgehead atoms. The molecule has 0 radical (unpaired) electrons. The molecule has 0 saturated heterocycles. The molecule has 6 rings (SSSR count). The molecule has 0 fully saturated rings. The zero-order chi connectivity index (χ0) is 36.8. The van der Waals surface area contributed by atoms with Gasteiger partial charge in [-0.2, -0.15) is 5.10 Å². The van der Waals surface area contributed by atoms with E-state index in [2.05, 4.69) is 26.3 Å². The lowest BCUT2D eigenvalue weighted by atomic mass is 10.0. The highest BCUT2D eigenvalue weighted by molar-refractivity contribution is 9.10. The van der Waals surface area contributed by atoms with Gasteiger partial charge in [0.05, 0.1) is 58.5 Å². The van der Waals surface area contributed by atoms with Gasteiger partial charge in [-0.3, -0.25) is 14.0 Å². The van der Waals surface area contributed by atoms with Crippen molar-refractivity contribution in [2.45, 2.75) is 19.0 Å². The number of rotatable bonds is 10. The zero-order valence-electron chi connectivity index (χ0n) is 27.1. The molecule has 17 heteroatoms. The summed E-state index contributed by atoms with van der Waals surface area (Å²) in [5.74, 6) is -1.33. The molecule has 0 saturated carbocycles. The summed E-state index contributed by atoms with van der Waals surface area (Å²) < 4.78 is 64.4. The van der Waals surface area contributed by atoms with E-state index in [1.165, 1.54) is 35.5 Å². The van der Waals surface area contributed by atoms with Crippen molar-refractivity contribution in [2.24, 2.45) is 7.05 Å². The van der Waals surface area contributed by atoms with Crippen LogP contribution in [0.25, 0.3) is 27.5 Å². The molecule has 2 N–H and O–H groups in total. The average molecular weight is 802 g/mol. The SMILES string of the molecule is COc1ccc(CN(c2nn(C)c3c(-n4c(C(Cc5cc(F)cc(F)c5)NC(=O)O)nc5cccc(Br)c5c4=O)ccc(Cl)c23)S(C)(=O)=O)cc1. The highest BCUT2D eigenvalue weighted by Gasteiger charge is 2.30. The Hall–Kier alpha value is -5.06. The van der Waals surface area contributed by atoms with Crippen molar-refractivity contribution in [1.29, 1.82) is 0 Å². The molecule has 264 valence electrons. The maximum atomic E-state index is 14.6. The van der Waals surface area contributed by atoms with Gasteiger partial charge in [-0.05, 0) is 75.6 Å². The Labute approximate surface area is 303 Å². The van der Waals surface area contributed by atoms with Crippen molar-refractivity contribution < 1.29 is 31.8 Å². The Morgan fingerprint density at radius 3 is 2.37 bits per heavy atom. The van der Waals surface area contributed by atoms with E-state index in [1.807, 2.05) is 0 Å². The molecule has 2 aromatic heterocycles. The minimum absolute atomic E-state index is 0.0300. The largest absolute Gasteiger partial charge is 0.497 e. The fraction of sp³-hybridized carbons (Fsp3) is 0.176. The molecule has 0 aliphatic carbocycles. The lowest BCUT2D eigenvalue weighted by molar-refractivity contribution is 0.189. The van der Waals surface area contributed by atoms with Gasteiger partial charge in [0, 0.05) is 24.0 Å². The zero-order valence-corrected chi connectivity index (χ0v) is 30.2. The molecule has 1 unspecified atom stereocenters. The van der Waals surface area contributed by atoms with E-state index in [0.717, 1.165) is 22.7 Å². The minimum atomic E-state index is -3.98. The smallest absolute Gasteiger partial charge is 0.405 e. The van der Waals surface area contributed by atoms with Crippen molar-refractivity contribution in [2.75, 3.05) is 17.7 Å². The molecule has 0 aliphatic heterocycles. The van der Waals surface area contributed by atoms with Gasteiger partial charge >= 0.3 is 6.09 Å². The molecular formula is C34H28BrClF2N6O6S. The van der Waals surface area contributed by atoms with Crippen molar-refractivity contribution in [3.05, 3.63) is 121 Å². The predicted molar refractivity (Wildman–Crippen MR) is 192 cm³/mol. The number of benzene rings is 4. The monoisotopic (exact) mass is 800 g/mol. The van der Waals surface area contributed by atoms with Gasteiger partial charge < -0.3 is 15.2 Å². The predicted octanol–water partition coefficient (Wildman–Crippen LogP) is 6.49. The molecular weight excluding hydrogens is 774 g/mol. The molecule has 1 atom stereocenters. The van der Waals surface area contributed by atoms with Crippen LogP contribution in [-0.2, 0) is 30.0 Å². The first kappa shape index (κ1) is 35.8. The van der Waals surface area contributed by atoms with Crippen molar-refractivity contribution in [3.63, 3.8) is 0 Å². The van der Waals surface area contributed by atoms with Crippen molar-refractivity contribution >= 4 is 71.3 Å². The molecule has 51 heavy (non-hydrogen) atoms. The first-order chi connectivity index (χ1) is 24.2. The van der Waals surface area contributed by atoms with Crippen LogP contribution in [0.1, 0.15) is 23.0 Å². The van der Waals surface area contributed by atoms with E-state index in [9.17, 15) is 31.9 Å². The number of nitrogens with one attached hydrogen (secondary N) is 1. The van der Waals surface area contributed by atoms with Crippen LogP contribution in [0.3, 0.4) is 0 Å². The van der Waals surface area contributed by atoms with Crippen LogP contribution in [0, 0.1) is 11.6 Å². The lowest BCUT2D eigenvalue weighted by Gasteiger charge is -2.23. The second-order valence-electron chi connectivity index (χ2n) is 11.6. The maximum absolute atomic E-state index is 14.6. The summed E-state index contributed by atoms with van der Waals surface area (Å²) in [5.41, 5.74) is 0.625. The number of aromatic nitrogens is 4. The number of nitrogens with zero attached hydrogens (tertiary/aromatic N) is 5. The van der Waals surface area contributed by atoms with Gasteiger partial charge in [0.15, 0.2) is 5.82 Å². The number of amides is 1. The summed E-state index contributed by atoms with van der Waals surface area (Å²) in [6.07, 6.45) is -0.762. The number of ether oxygens (including phenoxy) is 1. The highest BCUT2D eigenvalue weighted by atomic mass is 79.9. The van der Waals surface area contributed by atoms with Crippen LogP contribution in [0.15, 0.2) is 82.1 Å². The topological polar surface area (TPSA) is 149 Å². The minimum Gasteiger partial charge on any atom is -0.497 e. The Kier molecular flexibility index (Phi) is 9.76. The van der Waals surface area contributed by atoms with E-state index in [-0.39, 0.29) is 62.7 Å². The molecule has 2 heterocycles. The van der Waals surface area contributed by atoms with Crippen LogP contribution in [0.5, 0.6) is 5.75 Å². The van der Waals surface area contributed by atoms with Crippen LogP contribution >= 0.6 is 27.5 Å². The highest BCUT2D eigenvalue weighted by Crippen LogP contribution is 2.38. The molecule has 0 aliphatic rings. The summed E-state index contributed by atoms with van der Waals surface area (Å²) in [6, 6.07) is 16.1. The first-order valence-corrected chi connectivity index (χ1v) is 18.1. The van der Waals surface area contributed by atoms with E-state index in [4.69, 9.17) is 21.3 Å². The van der Waals surface area contributed by atoms with Gasteiger partial charge in [-0.25, -0.2) is 31.3 Å². The number of halogens is 4.